The summed E-state index contributed by atoms with van der Waals surface area (Å²) in [6.07, 6.45) is -4.40. The number of carbonyl (C=O) groups is 1. The van der Waals surface area contributed by atoms with Gasteiger partial charge in [0.2, 0.25) is 0 Å². The molecule has 0 fully saturated rings. The van der Waals surface area contributed by atoms with E-state index in [2.05, 4.69) is 4.98 Å². The molecule has 2 rings (SSSR count). The summed E-state index contributed by atoms with van der Waals surface area (Å²) in [6.45, 7) is 2.12. The Balaban J connectivity index is 2.51. The fraction of sp³-hybridized carbons (Fsp3) is 0.429. The van der Waals surface area contributed by atoms with Crippen molar-refractivity contribution in [1.82, 2.24) is 9.55 Å². The SMILES string of the molecule is CCOC(=O)C(C)c1nc2ccccc2n1CC(F)(F)F. The van der Waals surface area contributed by atoms with Gasteiger partial charge in [-0.2, -0.15) is 13.2 Å². The second-order valence-electron chi connectivity index (χ2n) is 4.63. The first kappa shape index (κ1) is 15.3. The highest BCUT2D eigenvalue weighted by molar-refractivity contribution is 5.81. The number of imidazole rings is 1. The fourth-order valence-corrected chi connectivity index (χ4v) is 2.14. The largest absolute Gasteiger partial charge is 0.465 e. The number of para-hydroxylation sites is 2. The van der Waals surface area contributed by atoms with Crippen molar-refractivity contribution in [2.24, 2.45) is 0 Å². The van der Waals surface area contributed by atoms with Crippen LogP contribution in [-0.2, 0) is 16.1 Å². The van der Waals surface area contributed by atoms with Crippen LogP contribution in [0.4, 0.5) is 13.2 Å². The van der Waals surface area contributed by atoms with Gasteiger partial charge in [0.15, 0.2) is 0 Å². The lowest BCUT2D eigenvalue weighted by molar-refractivity contribution is -0.147. The lowest BCUT2D eigenvalue weighted by Gasteiger charge is -2.15. The number of alkyl halides is 3. The summed E-state index contributed by atoms with van der Waals surface area (Å²) in [5.74, 6) is -1.39. The van der Waals surface area contributed by atoms with Crippen molar-refractivity contribution in [3.05, 3.63) is 30.1 Å². The third-order valence-corrected chi connectivity index (χ3v) is 3.05. The summed E-state index contributed by atoms with van der Waals surface area (Å²) in [6, 6.07) is 6.49. The second-order valence-corrected chi connectivity index (χ2v) is 4.63. The molecule has 0 aliphatic rings. The summed E-state index contributed by atoms with van der Waals surface area (Å²) in [7, 11) is 0. The van der Waals surface area contributed by atoms with Gasteiger partial charge in [-0.1, -0.05) is 12.1 Å². The van der Waals surface area contributed by atoms with Gasteiger partial charge >= 0.3 is 12.1 Å². The zero-order chi connectivity index (χ0) is 15.6. The van der Waals surface area contributed by atoms with Crippen molar-refractivity contribution in [2.45, 2.75) is 32.5 Å². The lowest BCUT2D eigenvalue weighted by atomic mass is 10.1. The second kappa shape index (κ2) is 5.75. The fourth-order valence-electron chi connectivity index (χ4n) is 2.14. The van der Waals surface area contributed by atoms with Crippen LogP contribution >= 0.6 is 0 Å². The maximum absolute atomic E-state index is 12.8. The Morgan fingerprint density at radius 3 is 2.67 bits per heavy atom. The lowest BCUT2D eigenvalue weighted by Crippen LogP contribution is -2.23. The van der Waals surface area contributed by atoms with E-state index in [1.54, 1.807) is 31.2 Å². The maximum atomic E-state index is 12.8. The summed E-state index contributed by atoms with van der Waals surface area (Å²) < 4.78 is 44.2. The minimum atomic E-state index is -4.40. The molecule has 0 saturated heterocycles. The molecule has 1 aromatic heterocycles. The first-order valence-electron chi connectivity index (χ1n) is 6.52. The Kier molecular flexibility index (Phi) is 4.20. The Hall–Kier alpha value is -2.05. The zero-order valence-electron chi connectivity index (χ0n) is 11.6. The predicted octanol–water partition coefficient (Wildman–Crippen LogP) is 3.27. The highest BCUT2D eigenvalue weighted by Gasteiger charge is 2.32. The molecule has 2 aromatic rings. The predicted molar refractivity (Wildman–Crippen MR) is 70.8 cm³/mol. The van der Waals surface area contributed by atoms with Crippen LogP contribution in [0.1, 0.15) is 25.6 Å². The van der Waals surface area contributed by atoms with Gasteiger partial charge in [0, 0.05) is 0 Å². The topological polar surface area (TPSA) is 44.1 Å². The van der Waals surface area contributed by atoms with Gasteiger partial charge in [0.1, 0.15) is 18.3 Å². The Morgan fingerprint density at radius 2 is 2.05 bits per heavy atom. The molecule has 1 aromatic carbocycles. The summed E-state index contributed by atoms with van der Waals surface area (Å²) >= 11 is 0. The Labute approximate surface area is 119 Å². The zero-order valence-corrected chi connectivity index (χ0v) is 11.6. The number of hydrogen-bond donors (Lipinski definition) is 0. The molecule has 21 heavy (non-hydrogen) atoms. The summed E-state index contributed by atoms with van der Waals surface area (Å²) in [4.78, 5) is 15.9. The van der Waals surface area contributed by atoms with Gasteiger partial charge in [0.05, 0.1) is 17.6 Å². The van der Waals surface area contributed by atoms with E-state index < -0.39 is 24.6 Å². The third-order valence-electron chi connectivity index (χ3n) is 3.05. The molecule has 0 amide bonds. The average molecular weight is 300 g/mol. The molecule has 0 aliphatic carbocycles. The van der Waals surface area contributed by atoms with Crippen LogP contribution < -0.4 is 0 Å². The number of aromatic nitrogens is 2. The third kappa shape index (κ3) is 3.34. The molecule has 114 valence electrons. The van der Waals surface area contributed by atoms with Crippen molar-refractivity contribution in [3.8, 4) is 0 Å². The van der Waals surface area contributed by atoms with Crippen LogP contribution in [0.3, 0.4) is 0 Å². The number of halogens is 3. The first-order valence-corrected chi connectivity index (χ1v) is 6.52. The molecule has 0 aliphatic heterocycles. The number of rotatable bonds is 4. The smallest absolute Gasteiger partial charge is 0.406 e. The molecular weight excluding hydrogens is 285 g/mol. The van der Waals surface area contributed by atoms with Crippen LogP contribution in [0.2, 0.25) is 0 Å². The monoisotopic (exact) mass is 300 g/mol. The van der Waals surface area contributed by atoms with Crippen molar-refractivity contribution < 1.29 is 22.7 Å². The molecule has 7 heteroatoms. The minimum Gasteiger partial charge on any atom is -0.465 e. The average Bonchev–Trinajstić information content (AvgIpc) is 2.75. The van der Waals surface area contributed by atoms with Crippen LogP contribution in [0, 0.1) is 0 Å². The quantitative estimate of drug-likeness (QED) is 0.814. The van der Waals surface area contributed by atoms with Crippen LogP contribution in [0.15, 0.2) is 24.3 Å². The number of benzene rings is 1. The van der Waals surface area contributed by atoms with Gasteiger partial charge in [0.25, 0.3) is 0 Å². The highest BCUT2D eigenvalue weighted by Crippen LogP contribution is 2.27. The minimum absolute atomic E-state index is 0.0620. The molecule has 0 spiro atoms. The van der Waals surface area contributed by atoms with Crippen LogP contribution in [0.25, 0.3) is 11.0 Å². The van der Waals surface area contributed by atoms with E-state index in [-0.39, 0.29) is 12.4 Å². The van der Waals surface area contributed by atoms with Crippen LogP contribution in [0.5, 0.6) is 0 Å². The number of ether oxygens (including phenoxy) is 1. The highest BCUT2D eigenvalue weighted by atomic mass is 19.4. The molecule has 0 bridgehead atoms. The van der Waals surface area contributed by atoms with E-state index in [1.165, 1.54) is 6.92 Å². The van der Waals surface area contributed by atoms with Gasteiger partial charge in [-0.3, -0.25) is 4.79 Å². The van der Waals surface area contributed by atoms with E-state index in [9.17, 15) is 18.0 Å². The summed E-state index contributed by atoms with van der Waals surface area (Å²) in [5, 5.41) is 0. The van der Waals surface area contributed by atoms with Gasteiger partial charge in [-0.25, -0.2) is 4.98 Å². The molecule has 4 nitrogen and oxygen atoms in total. The van der Waals surface area contributed by atoms with Gasteiger partial charge in [-0.05, 0) is 26.0 Å². The van der Waals surface area contributed by atoms with Crippen molar-refractivity contribution in [1.29, 1.82) is 0 Å². The molecule has 1 atom stereocenters. The summed E-state index contributed by atoms with van der Waals surface area (Å²) in [5.41, 5.74) is 0.772. The normalized spacial score (nSPS) is 13.4. The van der Waals surface area contributed by atoms with E-state index in [1.807, 2.05) is 0 Å². The number of hydrogen-bond acceptors (Lipinski definition) is 3. The number of fused-ring (bicyclic) bond motifs is 1. The number of esters is 1. The number of carbonyl (C=O) groups excluding carboxylic acids is 1. The Morgan fingerprint density at radius 1 is 1.38 bits per heavy atom. The van der Waals surface area contributed by atoms with E-state index in [4.69, 9.17) is 4.74 Å². The molecule has 1 unspecified atom stereocenters. The van der Waals surface area contributed by atoms with E-state index >= 15 is 0 Å². The standard InChI is InChI=1S/C14H15F3N2O2/c1-3-21-13(20)9(2)12-18-10-6-4-5-7-11(10)19(12)8-14(15,16)17/h4-7,9H,3,8H2,1-2H3. The molecule has 1 heterocycles. The molecular formula is C14H15F3N2O2. The Bertz CT molecular complexity index is 649. The van der Waals surface area contributed by atoms with Gasteiger partial charge in [-0.15, -0.1) is 0 Å². The first-order chi connectivity index (χ1) is 9.83. The molecule has 0 saturated carbocycles. The van der Waals surface area contributed by atoms with E-state index in [0.717, 1.165) is 4.57 Å². The molecule has 0 N–H and O–H groups in total. The van der Waals surface area contributed by atoms with Gasteiger partial charge < -0.3 is 9.30 Å². The van der Waals surface area contributed by atoms with E-state index in [0.29, 0.717) is 11.0 Å². The van der Waals surface area contributed by atoms with Crippen LogP contribution in [-0.4, -0.2) is 28.3 Å². The van der Waals surface area contributed by atoms with Crippen molar-refractivity contribution in [3.63, 3.8) is 0 Å². The van der Waals surface area contributed by atoms with Crippen molar-refractivity contribution >= 4 is 17.0 Å². The molecule has 0 radical (unpaired) electrons. The van der Waals surface area contributed by atoms with Crippen molar-refractivity contribution in [2.75, 3.05) is 6.61 Å². The number of nitrogens with zero attached hydrogens (tertiary/aromatic N) is 2. The maximum Gasteiger partial charge on any atom is 0.406 e.